The normalized spacial score (nSPS) is 11.0. The number of amides is 1. The van der Waals surface area contributed by atoms with Crippen LogP contribution in [0.4, 0.5) is 5.69 Å². The summed E-state index contributed by atoms with van der Waals surface area (Å²) in [5.41, 5.74) is 1.67. The standard InChI is InChI=1S/C21H35ClN4O3.HI/c1-4-6-12-28-14-15-29-13-11-25-21(23-5-2)24-10-9-20(27)26-19-8-7-17(3)16-18(19)22;/h7-8,16H,4-6,9-15H2,1-3H3,(H,26,27)(H2,23,24,25);1H. The number of benzene rings is 1. The second-order valence-electron chi connectivity index (χ2n) is 6.55. The Bertz CT molecular complexity index is 632. The molecule has 0 aliphatic heterocycles. The summed E-state index contributed by atoms with van der Waals surface area (Å²) in [6.45, 7) is 10.3. The van der Waals surface area contributed by atoms with Gasteiger partial charge in [-0.2, -0.15) is 0 Å². The molecular formula is C21H36ClIN4O3. The van der Waals surface area contributed by atoms with Gasteiger partial charge in [-0.25, -0.2) is 0 Å². The van der Waals surface area contributed by atoms with E-state index in [1.165, 1.54) is 0 Å². The monoisotopic (exact) mass is 554 g/mol. The Morgan fingerprint density at radius 3 is 2.50 bits per heavy atom. The quantitative estimate of drug-likeness (QED) is 0.140. The predicted octanol–water partition coefficient (Wildman–Crippen LogP) is 3.98. The van der Waals surface area contributed by atoms with Gasteiger partial charge in [0, 0.05) is 26.1 Å². The van der Waals surface area contributed by atoms with Crippen molar-refractivity contribution in [3.05, 3.63) is 28.8 Å². The molecule has 9 heteroatoms. The first-order chi connectivity index (χ1) is 14.1. The summed E-state index contributed by atoms with van der Waals surface area (Å²) in [5, 5.41) is 9.67. The number of rotatable bonds is 14. The molecule has 0 aromatic heterocycles. The van der Waals surface area contributed by atoms with Crippen LogP contribution in [-0.4, -0.2) is 57.9 Å². The molecule has 7 nitrogen and oxygen atoms in total. The van der Waals surface area contributed by atoms with E-state index in [0.717, 1.165) is 31.6 Å². The Balaban J connectivity index is 0.00000841. The van der Waals surface area contributed by atoms with Crippen LogP contribution in [0.1, 0.15) is 38.7 Å². The molecule has 0 radical (unpaired) electrons. The van der Waals surface area contributed by atoms with Crippen molar-refractivity contribution in [1.29, 1.82) is 0 Å². The zero-order chi connectivity index (χ0) is 21.3. The number of aliphatic imine (C=N–C) groups is 1. The summed E-state index contributed by atoms with van der Waals surface area (Å²) >= 11 is 6.15. The molecule has 0 unspecified atom stereocenters. The van der Waals surface area contributed by atoms with Gasteiger partial charge in [0.15, 0.2) is 5.96 Å². The first-order valence-electron chi connectivity index (χ1n) is 10.3. The van der Waals surface area contributed by atoms with Gasteiger partial charge in [-0.3, -0.25) is 9.79 Å². The largest absolute Gasteiger partial charge is 0.379 e. The lowest BCUT2D eigenvalue weighted by molar-refractivity contribution is -0.116. The molecule has 3 N–H and O–H groups in total. The van der Waals surface area contributed by atoms with Crippen molar-refractivity contribution in [3.63, 3.8) is 0 Å². The van der Waals surface area contributed by atoms with Crippen LogP contribution in [0.2, 0.25) is 5.02 Å². The van der Waals surface area contributed by atoms with Crippen LogP contribution in [0.5, 0.6) is 0 Å². The molecule has 0 aliphatic carbocycles. The van der Waals surface area contributed by atoms with Gasteiger partial charge >= 0.3 is 0 Å². The fourth-order valence-electron chi connectivity index (χ4n) is 2.36. The van der Waals surface area contributed by atoms with Crippen molar-refractivity contribution in [1.82, 2.24) is 10.6 Å². The number of halogens is 2. The van der Waals surface area contributed by atoms with Gasteiger partial charge in [0.05, 0.1) is 37.1 Å². The van der Waals surface area contributed by atoms with E-state index < -0.39 is 0 Å². The van der Waals surface area contributed by atoms with Crippen molar-refractivity contribution < 1.29 is 14.3 Å². The maximum atomic E-state index is 12.1. The zero-order valence-corrected chi connectivity index (χ0v) is 21.3. The van der Waals surface area contributed by atoms with Crippen LogP contribution in [0.3, 0.4) is 0 Å². The number of hydrogen-bond donors (Lipinski definition) is 3. The zero-order valence-electron chi connectivity index (χ0n) is 18.3. The number of ether oxygens (including phenoxy) is 2. The number of unbranched alkanes of at least 4 members (excludes halogenated alkanes) is 1. The third-order valence-electron chi connectivity index (χ3n) is 3.91. The van der Waals surface area contributed by atoms with Gasteiger partial charge in [-0.05, 0) is 38.0 Å². The molecule has 0 spiro atoms. The van der Waals surface area contributed by atoms with Crippen LogP contribution in [0.15, 0.2) is 23.2 Å². The van der Waals surface area contributed by atoms with Gasteiger partial charge < -0.3 is 25.4 Å². The molecule has 1 amide bonds. The van der Waals surface area contributed by atoms with Crippen LogP contribution >= 0.6 is 35.6 Å². The highest BCUT2D eigenvalue weighted by Crippen LogP contribution is 2.22. The van der Waals surface area contributed by atoms with Crippen molar-refractivity contribution in [2.24, 2.45) is 4.99 Å². The van der Waals surface area contributed by atoms with Crippen molar-refractivity contribution in [2.75, 3.05) is 51.4 Å². The first kappa shape index (κ1) is 28.9. The topological polar surface area (TPSA) is 84.0 Å². The van der Waals surface area contributed by atoms with E-state index >= 15 is 0 Å². The Hall–Kier alpha value is -1.10. The summed E-state index contributed by atoms with van der Waals surface area (Å²) in [6, 6.07) is 5.54. The van der Waals surface area contributed by atoms with Crippen LogP contribution in [0, 0.1) is 6.92 Å². The van der Waals surface area contributed by atoms with Crippen LogP contribution in [-0.2, 0) is 14.3 Å². The van der Waals surface area contributed by atoms with Gasteiger partial charge in [-0.1, -0.05) is 31.0 Å². The molecule has 0 bridgehead atoms. The minimum absolute atomic E-state index is 0. The molecule has 0 saturated heterocycles. The molecule has 0 heterocycles. The van der Waals surface area contributed by atoms with Crippen molar-refractivity contribution in [2.45, 2.75) is 40.0 Å². The number of carbonyl (C=O) groups excluding carboxylic acids is 1. The molecule has 0 atom stereocenters. The van der Waals surface area contributed by atoms with Gasteiger partial charge in [0.1, 0.15) is 0 Å². The Morgan fingerprint density at radius 2 is 1.83 bits per heavy atom. The lowest BCUT2D eigenvalue weighted by Crippen LogP contribution is -2.39. The average molecular weight is 555 g/mol. The van der Waals surface area contributed by atoms with E-state index in [4.69, 9.17) is 21.1 Å². The molecule has 30 heavy (non-hydrogen) atoms. The van der Waals surface area contributed by atoms with Gasteiger partial charge in [-0.15, -0.1) is 24.0 Å². The third kappa shape index (κ3) is 14.0. The second-order valence-corrected chi connectivity index (χ2v) is 6.95. The predicted molar refractivity (Wildman–Crippen MR) is 135 cm³/mol. The maximum absolute atomic E-state index is 12.1. The number of aryl methyl sites for hydroxylation is 1. The molecule has 0 saturated carbocycles. The van der Waals surface area contributed by atoms with Crippen LogP contribution < -0.4 is 16.0 Å². The fourth-order valence-corrected chi connectivity index (χ4v) is 2.64. The lowest BCUT2D eigenvalue weighted by atomic mass is 10.2. The minimum atomic E-state index is -0.106. The minimum Gasteiger partial charge on any atom is -0.379 e. The van der Waals surface area contributed by atoms with Crippen molar-refractivity contribution >= 4 is 53.1 Å². The molecule has 1 rings (SSSR count). The first-order valence-corrected chi connectivity index (χ1v) is 10.7. The van der Waals surface area contributed by atoms with Crippen molar-refractivity contribution in [3.8, 4) is 0 Å². The summed E-state index contributed by atoms with van der Waals surface area (Å²) in [7, 11) is 0. The maximum Gasteiger partial charge on any atom is 0.226 e. The number of hydrogen-bond acceptors (Lipinski definition) is 4. The third-order valence-corrected chi connectivity index (χ3v) is 4.22. The molecule has 1 aromatic carbocycles. The summed E-state index contributed by atoms with van der Waals surface area (Å²) in [6.07, 6.45) is 2.52. The van der Waals surface area contributed by atoms with E-state index in [2.05, 4.69) is 27.9 Å². The highest BCUT2D eigenvalue weighted by atomic mass is 127. The average Bonchev–Trinajstić information content (AvgIpc) is 2.69. The Kier molecular flexibility index (Phi) is 18.0. The molecule has 1 aromatic rings. The number of carbonyl (C=O) groups is 1. The highest BCUT2D eigenvalue weighted by molar-refractivity contribution is 14.0. The molecular weight excluding hydrogens is 519 g/mol. The number of anilines is 1. The van der Waals surface area contributed by atoms with E-state index in [1.54, 1.807) is 0 Å². The number of guanidine groups is 1. The van der Waals surface area contributed by atoms with E-state index in [0.29, 0.717) is 56.0 Å². The fraction of sp³-hybridized carbons (Fsp3) is 0.619. The molecule has 0 fully saturated rings. The SMILES string of the molecule is CCCCOCCOCCN=C(NCC)NCCC(=O)Nc1ccc(C)cc1Cl.I. The Labute approximate surface area is 202 Å². The smallest absolute Gasteiger partial charge is 0.226 e. The summed E-state index contributed by atoms with van der Waals surface area (Å²) in [5.74, 6) is 0.557. The van der Waals surface area contributed by atoms with Crippen LogP contribution in [0.25, 0.3) is 0 Å². The summed E-state index contributed by atoms with van der Waals surface area (Å²) < 4.78 is 10.9. The second kappa shape index (κ2) is 18.7. The molecule has 0 aliphatic rings. The molecule has 172 valence electrons. The highest BCUT2D eigenvalue weighted by Gasteiger charge is 2.06. The van der Waals surface area contributed by atoms with E-state index in [1.807, 2.05) is 32.0 Å². The lowest BCUT2D eigenvalue weighted by Gasteiger charge is -2.12. The van der Waals surface area contributed by atoms with Gasteiger partial charge in [0.25, 0.3) is 0 Å². The van der Waals surface area contributed by atoms with Gasteiger partial charge in [0.2, 0.25) is 5.91 Å². The Morgan fingerprint density at radius 1 is 1.10 bits per heavy atom. The number of nitrogens with one attached hydrogen (secondary N) is 3. The summed E-state index contributed by atoms with van der Waals surface area (Å²) in [4.78, 5) is 16.6. The van der Waals surface area contributed by atoms with E-state index in [-0.39, 0.29) is 29.9 Å². The van der Waals surface area contributed by atoms with E-state index in [9.17, 15) is 4.79 Å². The number of nitrogens with zero attached hydrogens (tertiary/aromatic N) is 1.